The smallest absolute Gasteiger partial charge is 0.444 e. The molecule has 0 radical (unpaired) electrons. The fraction of sp³-hybridized carbons (Fsp3) is 0.743. The molecule has 2 N–H and O–H groups in total. The molecule has 1 heterocycles. The Hall–Kier alpha value is -2.39. The van der Waals surface area contributed by atoms with Gasteiger partial charge >= 0.3 is 13.2 Å². The Morgan fingerprint density at radius 2 is 1.77 bits per heavy atom. The van der Waals surface area contributed by atoms with Crippen LogP contribution in [-0.4, -0.2) is 54.8 Å². The minimum Gasteiger partial charge on any atom is -0.444 e. The summed E-state index contributed by atoms with van der Waals surface area (Å²) in [6.07, 6.45) is 5.59. The maximum Gasteiger partial charge on any atom is 0.461 e. The standard InChI is InChI=1S/C35H55BN2O6/c1-10-11-12-23-13-15-24(16-14-23)31(40)38-27(21-37-32(41)42-33(4,5)6)28(39)20-26(17-22(2)3)36-43-30-19-25-18-29(34(25,7)8)35(30,9)44-36/h13-16,22,25-27,29-30H,10-12,17-21H2,1-9H3,(H,37,41)(H,38,40)/t25-,26-,27+,29-,30-,35+/m1/s1. The van der Waals surface area contributed by atoms with Crippen molar-refractivity contribution in [3.8, 4) is 0 Å². The van der Waals surface area contributed by atoms with E-state index in [1.807, 2.05) is 12.1 Å². The zero-order valence-electron chi connectivity index (χ0n) is 28.5. The highest BCUT2D eigenvalue weighted by Crippen LogP contribution is 2.66. The molecule has 4 aliphatic rings. The maximum absolute atomic E-state index is 14.0. The van der Waals surface area contributed by atoms with E-state index >= 15 is 0 Å². The number of rotatable bonds is 13. The average Bonchev–Trinajstić information content (AvgIpc) is 3.29. The van der Waals surface area contributed by atoms with Gasteiger partial charge in [-0.05, 0) is 101 Å². The zero-order chi connectivity index (χ0) is 32.4. The highest BCUT2D eigenvalue weighted by Gasteiger charge is 2.68. The third-order valence-electron chi connectivity index (χ3n) is 10.2. The summed E-state index contributed by atoms with van der Waals surface area (Å²) in [5, 5.41) is 5.61. The van der Waals surface area contributed by atoms with E-state index in [4.69, 9.17) is 14.0 Å². The van der Waals surface area contributed by atoms with Crippen molar-refractivity contribution in [2.24, 2.45) is 23.2 Å². The van der Waals surface area contributed by atoms with Gasteiger partial charge in [0.2, 0.25) is 0 Å². The van der Waals surface area contributed by atoms with E-state index in [1.165, 1.54) is 5.56 Å². The molecule has 8 nitrogen and oxygen atoms in total. The van der Waals surface area contributed by atoms with Crippen LogP contribution in [0.2, 0.25) is 5.82 Å². The van der Waals surface area contributed by atoms with Crippen molar-refractivity contribution in [3.05, 3.63) is 35.4 Å². The predicted molar refractivity (Wildman–Crippen MR) is 173 cm³/mol. The Morgan fingerprint density at radius 1 is 1.09 bits per heavy atom. The molecule has 2 bridgehead atoms. The average molecular weight is 611 g/mol. The van der Waals surface area contributed by atoms with Crippen molar-refractivity contribution in [1.82, 2.24) is 10.6 Å². The van der Waals surface area contributed by atoms with Gasteiger partial charge in [0.05, 0.1) is 11.7 Å². The second-order valence-electron chi connectivity index (χ2n) is 15.6. The van der Waals surface area contributed by atoms with E-state index in [2.05, 4.69) is 52.2 Å². The Kier molecular flexibility index (Phi) is 10.6. The van der Waals surface area contributed by atoms with Gasteiger partial charge in [-0.2, -0.15) is 0 Å². The molecule has 244 valence electrons. The van der Waals surface area contributed by atoms with Crippen LogP contribution < -0.4 is 10.6 Å². The largest absolute Gasteiger partial charge is 0.461 e. The number of ketones is 1. The number of amides is 2. The molecule has 1 saturated heterocycles. The summed E-state index contributed by atoms with van der Waals surface area (Å²) in [4.78, 5) is 39.8. The number of hydrogen-bond donors (Lipinski definition) is 2. The van der Waals surface area contributed by atoms with Crippen molar-refractivity contribution in [1.29, 1.82) is 0 Å². The molecular formula is C35H55BN2O6. The minimum atomic E-state index is -0.935. The molecule has 2 amide bonds. The van der Waals surface area contributed by atoms with Gasteiger partial charge in [0, 0.05) is 24.3 Å². The topological polar surface area (TPSA) is 103 Å². The summed E-state index contributed by atoms with van der Waals surface area (Å²) in [5.74, 6) is 0.681. The molecule has 0 spiro atoms. The fourth-order valence-electron chi connectivity index (χ4n) is 7.59. The molecule has 0 unspecified atom stereocenters. The second-order valence-corrected chi connectivity index (χ2v) is 15.6. The van der Waals surface area contributed by atoms with Crippen LogP contribution in [0.4, 0.5) is 4.79 Å². The number of carbonyl (C=O) groups is 3. The highest BCUT2D eigenvalue weighted by atomic mass is 16.7. The van der Waals surface area contributed by atoms with Gasteiger partial charge in [-0.3, -0.25) is 9.59 Å². The number of benzene rings is 1. The maximum atomic E-state index is 14.0. The molecular weight excluding hydrogens is 555 g/mol. The van der Waals surface area contributed by atoms with Crippen LogP contribution >= 0.6 is 0 Å². The van der Waals surface area contributed by atoms with E-state index < -0.39 is 24.9 Å². The van der Waals surface area contributed by atoms with Crippen molar-refractivity contribution < 1.29 is 28.4 Å². The third kappa shape index (κ3) is 7.87. The molecule has 9 heteroatoms. The molecule has 1 aromatic rings. The lowest BCUT2D eigenvalue weighted by Crippen LogP contribution is -2.65. The zero-order valence-corrected chi connectivity index (χ0v) is 28.5. The first-order valence-corrected chi connectivity index (χ1v) is 16.8. The predicted octanol–water partition coefficient (Wildman–Crippen LogP) is 6.76. The molecule has 0 aromatic heterocycles. The van der Waals surface area contributed by atoms with E-state index in [9.17, 15) is 14.4 Å². The normalized spacial score (nSPS) is 26.8. The van der Waals surface area contributed by atoms with E-state index in [0.717, 1.165) is 38.5 Å². The molecule has 44 heavy (non-hydrogen) atoms. The quantitative estimate of drug-likeness (QED) is 0.240. The van der Waals surface area contributed by atoms with Gasteiger partial charge in [-0.25, -0.2) is 4.79 Å². The molecule has 1 aliphatic heterocycles. The molecule has 3 aliphatic carbocycles. The first-order chi connectivity index (χ1) is 20.5. The number of nitrogens with one attached hydrogen (secondary N) is 2. The third-order valence-corrected chi connectivity index (χ3v) is 10.2. The summed E-state index contributed by atoms with van der Waals surface area (Å²) in [6, 6.07) is 6.56. The van der Waals surface area contributed by atoms with Gasteiger partial charge in [-0.15, -0.1) is 0 Å². The highest BCUT2D eigenvalue weighted by molar-refractivity contribution is 6.47. The first-order valence-electron chi connectivity index (χ1n) is 16.8. The van der Waals surface area contributed by atoms with Crippen molar-refractivity contribution in [2.45, 2.75) is 136 Å². The molecule has 6 atom stereocenters. The number of alkyl carbamates (subject to hydrolysis) is 1. The van der Waals surface area contributed by atoms with Crippen molar-refractivity contribution in [3.63, 3.8) is 0 Å². The summed E-state index contributed by atoms with van der Waals surface area (Å²) < 4.78 is 18.8. The second kappa shape index (κ2) is 13.5. The van der Waals surface area contributed by atoms with Crippen molar-refractivity contribution >= 4 is 24.9 Å². The van der Waals surface area contributed by atoms with Crippen LogP contribution in [0.5, 0.6) is 0 Å². The number of hydrogen-bond acceptors (Lipinski definition) is 6. The van der Waals surface area contributed by atoms with Crippen LogP contribution in [-0.2, 0) is 25.3 Å². The van der Waals surface area contributed by atoms with E-state index in [1.54, 1.807) is 32.9 Å². The van der Waals surface area contributed by atoms with E-state index in [0.29, 0.717) is 23.3 Å². The van der Waals surface area contributed by atoms with Gasteiger partial charge in [-0.1, -0.05) is 53.2 Å². The Labute approximate surface area is 265 Å². The summed E-state index contributed by atoms with van der Waals surface area (Å²) in [5.41, 5.74) is 0.819. The monoisotopic (exact) mass is 610 g/mol. The summed E-state index contributed by atoms with van der Waals surface area (Å²) >= 11 is 0. The molecule has 3 saturated carbocycles. The Bertz CT molecular complexity index is 1180. The van der Waals surface area contributed by atoms with Gasteiger partial charge in [0.25, 0.3) is 5.91 Å². The number of ether oxygens (including phenoxy) is 1. The van der Waals surface area contributed by atoms with Crippen LogP contribution in [0, 0.1) is 23.2 Å². The number of unbranched alkanes of at least 4 members (excludes halogenated alkanes) is 1. The van der Waals surface area contributed by atoms with Gasteiger partial charge in [0.15, 0.2) is 5.78 Å². The van der Waals surface area contributed by atoms with Crippen LogP contribution in [0.1, 0.15) is 117 Å². The number of Topliss-reactive ketones (excluding diaryl/α,β-unsaturated/α-hetero) is 1. The lowest BCUT2D eigenvalue weighted by Gasteiger charge is -2.64. The summed E-state index contributed by atoms with van der Waals surface area (Å²) in [6.45, 7) is 18.5. The first kappa shape index (κ1) is 34.5. The summed E-state index contributed by atoms with van der Waals surface area (Å²) in [7, 11) is -0.489. The number of aryl methyl sites for hydroxylation is 1. The van der Waals surface area contributed by atoms with Crippen LogP contribution in [0.15, 0.2) is 24.3 Å². The van der Waals surface area contributed by atoms with Gasteiger partial charge in [0.1, 0.15) is 11.6 Å². The van der Waals surface area contributed by atoms with E-state index in [-0.39, 0.29) is 47.6 Å². The lowest BCUT2D eigenvalue weighted by atomic mass is 9.43. The Balaban J connectivity index is 1.48. The Morgan fingerprint density at radius 3 is 2.36 bits per heavy atom. The van der Waals surface area contributed by atoms with Gasteiger partial charge < -0.3 is 24.7 Å². The SMILES string of the molecule is CCCCc1ccc(C(=O)N[C@@H](CNC(=O)OC(C)(C)C)C(=O)C[C@@H](CC(C)C)B2O[C@@H]3C[C@H]4C[C@H](C4(C)C)[C@]3(C)O2)cc1. The van der Waals surface area contributed by atoms with Crippen molar-refractivity contribution in [2.75, 3.05) is 6.54 Å². The fourth-order valence-corrected chi connectivity index (χ4v) is 7.59. The number of carbonyl (C=O) groups excluding carboxylic acids is 3. The molecule has 1 aromatic carbocycles. The van der Waals surface area contributed by atoms with Crippen LogP contribution in [0.25, 0.3) is 0 Å². The minimum absolute atomic E-state index is 0.0265. The molecule has 5 rings (SSSR count). The van der Waals surface area contributed by atoms with Crippen LogP contribution in [0.3, 0.4) is 0 Å². The lowest BCUT2D eigenvalue weighted by molar-refractivity contribution is -0.199. The molecule has 4 fully saturated rings.